The molecule has 0 fully saturated rings. The van der Waals surface area contributed by atoms with Crippen molar-refractivity contribution in [2.24, 2.45) is 15.5 Å². The van der Waals surface area contributed by atoms with Gasteiger partial charge in [0.15, 0.2) is 17.6 Å². The Balaban J connectivity index is 3.00. The first-order chi connectivity index (χ1) is 4.22. The standard InChI is InChI=1S/C3H3N4S2/c1-2-3(8)7(9)6-5-4-2/h1H3/q+1. The van der Waals surface area contributed by atoms with Crippen molar-refractivity contribution in [3.63, 3.8) is 0 Å². The van der Waals surface area contributed by atoms with Crippen LogP contribution in [0.4, 0.5) is 0 Å². The summed E-state index contributed by atoms with van der Waals surface area (Å²) in [6.45, 7) is 1.74. The van der Waals surface area contributed by atoms with Gasteiger partial charge < -0.3 is 0 Å². The van der Waals surface area contributed by atoms with Crippen molar-refractivity contribution in [3.05, 3.63) is 0 Å². The topological polar surface area (TPSA) is 40.1 Å². The highest BCUT2D eigenvalue weighted by Gasteiger charge is 2.17. The molecule has 1 heterocycles. The normalized spacial score (nSPS) is 18.1. The Bertz CT molecular complexity index is 228. The van der Waals surface area contributed by atoms with Crippen molar-refractivity contribution < 1.29 is 4.05 Å². The van der Waals surface area contributed by atoms with Crippen molar-refractivity contribution in [1.29, 1.82) is 0 Å². The summed E-state index contributed by atoms with van der Waals surface area (Å²) < 4.78 is 1.09. The summed E-state index contributed by atoms with van der Waals surface area (Å²) in [5.41, 5.74) is 0.634. The third-order valence-corrected chi connectivity index (χ3v) is 1.64. The molecule has 0 aromatic heterocycles. The molecule has 0 aromatic carbocycles. The van der Waals surface area contributed by atoms with Gasteiger partial charge in [0.05, 0.1) is 0 Å². The van der Waals surface area contributed by atoms with Gasteiger partial charge in [-0.1, -0.05) is 0 Å². The highest BCUT2D eigenvalue weighted by Crippen LogP contribution is 1.96. The SMILES string of the molecule is CC1=NN=N[N+](=S)C1=S. The zero-order chi connectivity index (χ0) is 6.85. The summed E-state index contributed by atoms with van der Waals surface area (Å²) in [5.74, 6) is 0. The van der Waals surface area contributed by atoms with Crippen molar-refractivity contribution in [2.75, 3.05) is 0 Å². The van der Waals surface area contributed by atoms with Crippen molar-refractivity contribution >= 4 is 35.3 Å². The Kier molecular flexibility index (Phi) is 1.68. The molecule has 0 N–H and O–H groups in total. The van der Waals surface area contributed by atoms with Crippen molar-refractivity contribution in [1.82, 2.24) is 0 Å². The van der Waals surface area contributed by atoms with E-state index in [1.165, 1.54) is 0 Å². The molecule has 1 rings (SSSR count). The summed E-state index contributed by atoms with van der Waals surface area (Å²) in [6.07, 6.45) is 0. The molecule has 0 amide bonds. The van der Waals surface area contributed by atoms with Crippen LogP contribution in [0.25, 0.3) is 0 Å². The molecular weight excluding hydrogens is 156 g/mol. The number of rotatable bonds is 0. The molecule has 46 valence electrons. The third-order valence-electron chi connectivity index (χ3n) is 0.799. The lowest BCUT2D eigenvalue weighted by Gasteiger charge is -1.91. The van der Waals surface area contributed by atoms with E-state index in [1.807, 2.05) is 0 Å². The van der Waals surface area contributed by atoms with Gasteiger partial charge in [0.25, 0.3) is 4.99 Å². The van der Waals surface area contributed by atoms with Gasteiger partial charge in [-0.15, -0.1) is 0 Å². The summed E-state index contributed by atoms with van der Waals surface area (Å²) in [4.78, 5) is 0.444. The van der Waals surface area contributed by atoms with Crippen LogP contribution in [0.2, 0.25) is 0 Å². The monoisotopic (exact) mass is 159 g/mol. The molecule has 6 heteroatoms. The Morgan fingerprint density at radius 2 is 2.22 bits per heavy atom. The largest absolute Gasteiger partial charge is 0.259 e. The minimum Gasteiger partial charge on any atom is -0.0280 e. The summed E-state index contributed by atoms with van der Waals surface area (Å²) in [6, 6.07) is 0. The molecule has 0 atom stereocenters. The second-order valence-corrected chi connectivity index (χ2v) is 2.17. The highest BCUT2D eigenvalue weighted by atomic mass is 32.1. The Morgan fingerprint density at radius 1 is 1.56 bits per heavy atom. The van der Waals surface area contributed by atoms with Crippen LogP contribution < -0.4 is 0 Å². The minimum absolute atomic E-state index is 0.444. The molecule has 0 aromatic rings. The van der Waals surface area contributed by atoms with E-state index in [1.54, 1.807) is 6.92 Å². The van der Waals surface area contributed by atoms with Gasteiger partial charge in [0.2, 0.25) is 5.22 Å². The Hall–Kier alpha value is -0.620. The molecule has 1 aliphatic rings. The lowest BCUT2D eigenvalue weighted by molar-refractivity contribution is -0.385. The lowest BCUT2D eigenvalue weighted by Crippen LogP contribution is -2.20. The van der Waals surface area contributed by atoms with Crippen LogP contribution in [0, 0.1) is 0 Å². The highest BCUT2D eigenvalue weighted by molar-refractivity contribution is 7.81. The van der Waals surface area contributed by atoms with Crippen LogP contribution in [0.3, 0.4) is 0 Å². The average Bonchev–Trinajstić information content (AvgIpc) is 1.83. The van der Waals surface area contributed by atoms with Crippen molar-refractivity contribution in [3.8, 4) is 0 Å². The minimum atomic E-state index is 0.444. The maximum atomic E-state index is 4.79. The fourth-order valence-electron chi connectivity index (χ4n) is 0.345. The Labute approximate surface area is 62.4 Å². The molecule has 0 saturated carbocycles. The van der Waals surface area contributed by atoms with E-state index in [9.17, 15) is 0 Å². The van der Waals surface area contributed by atoms with Crippen LogP contribution in [0.5, 0.6) is 0 Å². The molecule has 0 bridgehead atoms. The van der Waals surface area contributed by atoms with Crippen LogP contribution in [-0.2, 0) is 12.4 Å². The molecule has 4 nitrogen and oxygen atoms in total. The van der Waals surface area contributed by atoms with Gasteiger partial charge >= 0.3 is 0 Å². The van der Waals surface area contributed by atoms with Crippen LogP contribution in [-0.4, -0.2) is 14.8 Å². The first-order valence-electron chi connectivity index (χ1n) is 2.18. The maximum absolute atomic E-state index is 4.79. The molecule has 0 unspecified atom stereocenters. The molecule has 1 aliphatic heterocycles. The predicted octanol–water partition coefficient (Wildman–Crippen LogP) is 0.814. The number of hydrogen-bond acceptors (Lipinski definition) is 4. The smallest absolute Gasteiger partial charge is 0.0280 e. The number of hydrogen-bond donors (Lipinski definition) is 0. The van der Waals surface area contributed by atoms with E-state index in [0.29, 0.717) is 10.7 Å². The van der Waals surface area contributed by atoms with Crippen LogP contribution in [0.15, 0.2) is 15.5 Å². The maximum Gasteiger partial charge on any atom is 0.259 e. The summed E-state index contributed by atoms with van der Waals surface area (Å²) >= 11 is 9.43. The zero-order valence-corrected chi connectivity index (χ0v) is 6.24. The first kappa shape index (κ1) is 6.50. The first-order valence-corrected chi connectivity index (χ1v) is 2.96. The average molecular weight is 159 g/mol. The van der Waals surface area contributed by atoms with Gasteiger partial charge in [-0.3, -0.25) is 0 Å². The van der Waals surface area contributed by atoms with E-state index in [2.05, 4.69) is 28.0 Å². The number of thiocarbonyl (C=S) groups is 1. The molecule has 0 aliphatic carbocycles. The lowest BCUT2D eigenvalue weighted by atomic mass is 10.4. The molecule has 0 spiro atoms. The van der Waals surface area contributed by atoms with Gasteiger partial charge in [-0.2, -0.15) is 0 Å². The quantitative estimate of drug-likeness (QED) is 0.387. The van der Waals surface area contributed by atoms with E-state index in [4.69, 9.17) is 12.2 Å². The molecule has 0 radical (unpaired) electrons. The predicted molar refractivity (Wildman–Crippen MR) is 38.2 cm³/mol. The van der Waals surface area contributed by atoms with Gasteiger partial charge in [0.1, 0.15) is 5.71 Å². The molecule has 9 heavy (non-hydrogen) atoms. The third kappa shape index (κ3) is 1.19. The Morgan fingerprint density at radius 3 is 2.67 bits per heavy atom. The molecular formula is C3H3N4S2+. The second kappa shape index (κ2) is 2.32. The number of nitrogens with zero attached hydrogens (tertiary/aromatic N) is 4. The molecule has 0 saturated heterocycles. The van der Waals surface area contributed by atoms with Crippen LogP contribution >= 0.6 is 12.2 Å². The van der Waals surface area contributed by atoms with Gasteiger partial charge in [0, 0.05) is 0 Å². The second-order valence-electron chi connectivity index (χ2n) is 1.44. The van der Waals surface area contributed by atoms with Gasteiger partial charge in [-0.05, 0) is 28.3 Å². The van der Waals surface area contributed by atoms with Crippen LogP contribution in [0.1, 0.15) is 6.92 Å². The van der Waals surface area contributed by atoms with Gasteiger partial charge in [-0.25, -0.2) is 0 Å². The summed E-state index contributed by atoms with van der Waals surface area (Å²) in [7, 11) is 0. The van der Waals surface area contributed by atoms with E-state index < -0.39 is 0 Å². The van der Waals surface area contributed by atoms with E-state index in [-0.39, 0.29) is 0 Å². The van der Waals surface area contributed by atoms with E-state index >= 15 is 0 Å². The zero-order valence-electron chi connectivity index (χ0n) is 4.61. The van der Waals surface area contributed by atoms with Crippen molar-refractivity contribution in [2.45, 2.75) is 6.92 Å². The fourth-order valence-corrected chi connectivity index (χ4v) is 0.587. The van der Waals surface area contributed by atoms with E-state index in [0.717, 1.165) is 4.05 Å². The fraction of sp³-hybridized carbons (Fsp3) is 0.333. The summed E-state index contributed by atoms with van der Waals surface area (Å²) in [5, 5.41) is 10.3.